The van der Waals surface area contributed by atoms with Crippen molar-refractivity contribution in [2.45, 2.75) is 122 Å². The number of unbranched alkanes of at least 4 members (excludes halogenated alkanes) is 8. The van der Waals surface area contributed by atoms with Gasteiger partial charge in [-0.1, -0.05) is 78.1 Å². The fraction of sp³-hybridized carbons (Fsp3) is 0.800. The Balaban J connectivity index is 1.78. The predicted octanol–water partition coefficient (Wildman–Crippen LogP) is 7.30. The van der Waals surface area contributed by atoms with Gasteiger partial charge in [0.05, 0.1) is 11.5 Å². The van der Waals surface area contributed by atoms with E-state index in [1.165, 1.54) is 83.5 Å². The highest BCUT2D eigenvalue weighted by Crippen LogP contribution is 2.42. The fourth-order valence-corrected chi connectivity index (χ4v) is 4.58. The monoisotopic (exact) mass is 383 g/mol. The van der Waals surface area contributed by atoms with Crippen molar-refractivity contribution < 1.29 is 0 Å². The number of aromatic nitrogens is 2. The zero-order valence-electron chi connectivity index (χ0n) is 18.4. The normalized spacial score (nSPS) is 22.1. The van der Waals surface area contributed by atoms with Crippen molar-refractivity contribution >= 4 is 0 Å². The van der Waals surface area contributed by atoms with Crippen molar-refractivity contribution in [1.82, 2.24) is 9.97 Å². The summed E-state index contributed by atoms with van der Waals surface area (Å²) >= 11 is 0. The number of nitrogens with zero attached hydrogens (tertiary/aromatic N) is 3. The molecule has 0 unspecified atom stereocenters. The topological polar surface area (TPSA) is 49.6 Å². The molecule has 0 radical (unpaired) electrons. The molecule has 1 saturated carbocycles. The van der Waals surface area contributed by atoms with Gasteiger partial charge in [-0.05, 0) is 38.0 Å². The first kappa shape index (κ1) is 22.9. The minimum Gasteiger partial charge on any atom is -0.241 e. The average molecular weight is 384 g/mol. The molecule has 1 aromatic rings. The molecule has 0 saturated heterocycles. The number of hydrogen-bond acceptors (Lipinski definition) is 3. The molecule has 0 N–H and O–H groups in total. The highest BCUT2D eigenvalue weighted by atomic mass is 14.9. The lowest BCUT2D eigenvalue weighted by Crippen LogP contribution is -2.30. The van der Waals surface area contributed by atoms with E-state index in [2.05, 4.69) is 29.9 Å². The largest absolute Gasteiger partial charge is 0.241 e. The van der Waals surface area contributed by atoms with Crippen molar-refractivity contribution in [3.8, 4) is 6.07 Å². The number of aryl methyl sites for hydroxylation is 1. The summed E-state index contributed by atoms with van der Waals surface area (Å²) in [6, 6.07) is 2.64. The molecule has 28 heavy (non-hydrogen) atoms. The van der Waals surface area contributed by atoms with Gasteiger partial charge in [-0.2, -0.15) is 5.26 Å². The van der Waals surface area contributed by atoms with Crippen LogP contribution in [0.15, 0.2) is 12.4 Å². The Hall–Kier alpha value is -1.43. The van der Waals surface area contributed by atoms with Crippen LogP contribution in [-0.2, 0) is 11.8 Å². The second kappa shape index (κ2) is 12.9. The van der Waals surface area contributed by atoms with Gasteiger partial charge in [-0.15, -0.1) is 0 Å². The molecule has 1 aliphatic rings. The molecule has 3 nitrogen and oxygen atoms in total. The summed E-state index contributed by atoms with van der Waals surface area (Å²) < 4.78 is 0. The summed E-state index contributed by atoms with van der Waals surface area (Å²) in [7, 11) is 0. The molecule has 1 fully saturated rings. The summed E-state index contributed by atoms with van der Waals surface area (Å²) in [5.41, 5.74) is 0.698. The molecular weight excluding hydrogens is 342 g/mol. The number of hydrogen-bond donors (Lipinski definition) is 0. The SMILES string of the molecule is CCCCCCCc1ncc(C2(C#N)CCC(CCCCCCC)CC2)cn1. The maximum Gasteiger partial charge on any atom is 0.128 e. The quantitative estimate of drug-likeness (QED) is 0.336. The third kappa shape index (κ3) is 7.19. The van der Waals surface area contributed by atoms with E-state index in [0.717, 1.165) is 36.6 Å². The van der Waals surface area contributed by atoms with E-state index in [9.17, 15) is 5.26 Å². The lowest BCUT2D eigenvalue weighted by atomic mass is 9.67. The summed E-state index contributed by atoms with van der Waals surface area (Å²) in [6.45, 7) is 4.51. The van der Waals surface area contributed by atoms with Gasteiger partial charge in [-0.3, -0.25) is 0 Å². The van der Waals surface area contributed by atoms with E-state index in [1.807, 2.05) is 12.4 Å². The third-order valence-electron chi connectivity index (χ3n) is 6.65. The van der Waals surface area contributed by atoms with Crippen molar-refractivity contribution in [2.75, 3.05) is 0 Å². The van der Waals surface area contributed by atoms with Gasteiger partial charge in [0.2, 0.25) is 0 Å². The van der Waals surface area contributed by atoms with Crippen LogP contribution in [0.25, 0.3) is 0 Å². The first-order valence-corrected chi connectivity index (χ1v) is 12.0. The van der Waals surface area contributed by atoms with E-state index in [4.69, 9.17) is 0 Å². The Morgan fingerprint density at radius 1 is 0.893 bits per heavy atom. The van der Waals surface area contributed by atoms with Crippen LogP contribution in [0.4, 0.5) is 0 Å². The minimum absolute atomic E-state index is 0.349. The van der Waals surface area contributed by atoms with Crippen molar-refractivity contribution in [1.29, 1.82) is 5.26 Å². The van der Waals surface area contributed by atoms with E-state index in [1.54, 1.807) is 0 Å². The molecule has 1 aromatic heterocycles. The first-order valence-electron chi connectivity index (χ1n) is 12.0. The van der Waals surface area contributed by atoms with E-state index in [0.29, 0.717) is 0 Å². The summed E-state index contributed by atoms with van der Waals surface area (Å²) in [4.78, 5) is 9.20. The van der Waals surface area contributed by atoms with Gasteiger partial charge in [0.15, 0.2) is 0 Å². The molecule has 3 heteroatoms. The van der Waals surface area contributed by atoms with Crippen LogP contribution in [-0.4, -0.2) is 9.97 Å². The van der Waals surface area contributed by atoms with Crippen LogP contribution >= 0.6 is 0 Å². The highest BCUT2D eigenvalue weighted by molar-refractivity contribution is 5.29. The Labute approximate surface area is 173 Å². The molecule has 1 aliphatic carbocycles. The van der Waals surface area contributed by atoms with Gasteiger partial charge < -0.3 is 0 Å². The van der Waals surface area contributed by atoms with Gasteiger partial charge in [0.25, 0.3) is 0 Å². The van der Waals surface area contributed by atoms with Crippen LogP contribution in [0.3, 0.4) is 0 Å². The highest BCUT2D eigenvalue weighted by Gasteiger charge is 2.37. The predicted molar refractivity (Wildman–Crippen MR) is 117 cm³/mol. The van der Waals surface area contributed by atoms with Gasteiger partial charge in [0, 0.05) is 24.4 Å². The maximum atomic E-state index is 9.94. The maximum absolute atomic E-state index is 9.94. The van der Waals surface area contributed by atoms with Crippen LogP contribution < -0.4 is 0 Å². The van der Waals surface area contributed by atoms with Crippen LogP contribution in [0.1, 0.15) is 122 Å². The van der Waals surface area contributed by atoms with Crippen molar-refractivity contribution in [3.63, 3.8) is 0 Å². The second-order valence-electron chi connectivity index (χ2n) is 8.89. The lowest BCUT2D eigenvalue weighted by molar-refractivity contribution is 0.260. The summed E-state index contributed by atoms with van der Waals surface area (Å²) in [5.74, 6) is 1.75. The lowest BCUT2D eigenvalue weighted by Gasteiger charge is -2.35. The molecule has 0 spiro atoms. The summed E-state index contributed by atoms with van der Waals surface area (Å²) in [5, 5.41) is 9.94. The Morgan fingerprint density at radius 2 is 1.46 bits per heavy atom. The third-order valence-corrected chi connectivity index (χ3v) is 6.65. The van der Waals surface area contributed by atoms with Gasteiger partial charge >= 0.3 is 0 Å². The molecule has 156 valence electrons. The molecule has 1 heterocycles. The summed E-state index contributed by atoms with van der Waals surface area (Å²) in [6.07, 6.45) is 23.7. The molecule has 0 amide bonds. The van der Waals surface area contributed by atoms with E-state index < -0.39 is 0 Å². The Morgan fingerprint density at radius 3 is 2.04 bits per heavy atom. The molecule has 0 bridgehead atoms. The minimum atomic E-state index is -0.349. The van der Waals surface area contributed by atoms with Crippen LogP contribution in [0.5, 0.6) is 0 Å². The van der Waals surface area contributed by atoms with Crippen molar-refractivity contribution in [2.24, 2.45) is 5.92 Å². The van der Waals surface area contributed by atoms with Gasteiger partial charge in [0.1, 0.15) is 5.82 Å². The molecule has 0 aromatic carbocycles. The standard InChI is InChI=1S/C25H41N3/c1-3-5-7-9-11-13-22-15-17-25(21-26,18-16-22)23-19-27-24(28-20-23)14-12-10-8-6-4-2/h19-20,22H,3-18H2,1-2H3. The first-order chi connectivity index (χ1) is 13.7. The number of nitriles is 1. The van der Waals surface area contributed by atoms with E-state index >= 15 is 0 Å². The molecule has 2 rings (SSSR count). The second-order valence-corrected chi connectivity index (χ2v) is 8.89. The van der Waals surface area contributed by atoms with Crippen molar-refractivity contribution in [3.05, 3.63) is 23.8 Å². The Kier molecular flexibility index (Phi) is 10.5. The number of rotatable bonds is 13. The van der Waals surface area contributed by atoms with E-state index in [-0.39, 0.29) is 5.41 Å². The smallest absolute Gasteiger partial charge is 0.128 e. The Bertz CT molecular complexity index is 564. The molecule has 0 aliphatic heterocycles. The molecule has 0 atom stereocenters. The molecular formula is C25H41N3. The average Bonchev–Trinajstić information content (AvgIpc) is 2.74. The van der Waals surface area contributed by atoms with Gasteiger partial charge in [-0.25, -0.2) is 9.97 Å². The zero-order valence-corrected chi connectivity index (χ0v) is 18.4. The van der Waals surface area contributed by atoms with Crippen LogP contribution in [0, 0.1) is 17.2 Å². The fourth-order valence-electron chi connectivity index (χ4n) is 4.58. The zero-order chi connectivity index (χ0) is 20.1. The van der Waals surface area contributed by atoms with Crippen LogP contribution in [0.2, 0.25) is 0 Å².